The van der Waals surface area contributed by atoms with Gasteiger partial charge in [0, 0.05) is 62.1 Å². The molecule has 0 radical (unpaired) electrons. The number of anilines is 3. The zero-order chi connectivity index (χ0) is 38.6. The summed E-state index contributed by atoms with van der Waals surface area (Å²) < 4.78 is 4.80. The van der Waals surface area contributed by atoms with E-state index in [9.17, 15) is 0 Å². The van der Waals surface area contributed by atoms with Gasteiger partial charge >= 0.3 is 0 Å². The highest BCUT2D eigenvalue weighted by atomic mass is 15.2. The molecule has 0 amide bonds. The van der Waals surface area contributed by atoms with Gasteiger partial charge in [0.05, 0.1) is 44.8 Å². The Kier molecular flexibility index (Phi) is 7.97. The minimum atomic E-state index is 0.951. The third kappa shape index (κ3) is 5.47. The summed E-state index contributed by atoms with van der Waals surface area (Å²) in [6.45, 7) is 2.15. The van der Waals surface area contributed by atoms with E-state index in [2.05, 4.69) is 201 Å². The minimum absolute atomic E-state index is 0.951. The Bertz CT molecular complexity index is 3090. The van der Waals surface area contributed by atoms with Crippen molar-refractivity contribution in [1.82, 2.24) is 19.1 Å². The molecule has 0 saturated heterocycles. The van der Waals surface area contributed by atoms with E-state index in [0.717, 1.165) is 73.0 Å². The van der Waals surface area contributed by atoms with Crippen molar-refractivity contribution in [3.8, 4) is 33.9 Å². The van der Waals surface area contributed by atoms with E-state index in [1.54, 1.807) is 0 Å². The van der Waals surface area contributed by atoms with Gasteiger partial charge in [0.25, 0.3) is 0 Å². The van der Waals surface area contributed by atoms with Gasteiger partial charge in [-0.25, -0.2) is 0 Å². The summed E-state index contributed by atoms with van der Waals surface area (Å²) in [5, 5.41) is 4.75. The molecule has 0 aliphatic rings. The minimum Gasteiger partial charge on any atom is -0.309 e. The highest BCUT2D eigenvalue weighted by molar-refractivity contribution is 6.20. The van der Waals surface area contributed by atoms with Crippen LogP contribution in [-0.2, 0) is 0 Å². The van der Waals surface area contributed by atoms with Gasteiger partial charge in [-0.2, -0.15) is 0 Å². The molecule has 0 unspecified atom stereocenters. The Morgan fingerprint density at radius 2 is 0.845 bits per heavy atom. The maximum atomic E-state index is 4.67. The SMILES string of the molecule is Cc1ccc(N(c2cccc3c2c2ccccc2n3-c2cccc(-c3ccccn3)c2)c2cccc3c2c2ccccc2n3-c2cccc(-c3ccccn3)c2)cc1. The second kappa shape index (κ2) is 13.8. The Labute approximate surface area is 336 Å². The van der Waals surface area contributed by atoms with Crippen LogP contribution in [0, 0.1) is 6.92 Å². The molecule has 5 nitrogen and oxygen atoms in total. The summed E-state index contributed by atoms with van der Waals surface area (Å²) in [6, 6.07) is 69.5. The van der Waals surface area contributed by atoms with Crippen molar-refractivity contribution in [3.63, 3.8) is 0 Å². The smallest absolute Gasteiger partial charge is 0.0702 e. The molecule has 0 N–H and O–H groups in total. The fourth-order valence-corrected chi connectivity index (χ4v) is 8.71. The molecular formula is C53H37N5. The van der Waals surface area contributed by atoms with Crippen molar-refractivity contribution in [2.75, 3.05) is 4.90 Å². The van der Waals surface area contributed by atoms with Crippen LogP contribution in [0.1, 0.15) is 5.56 Å². The molecule has 11 aromatic rings. The van der Waals surface area contributed by atoms with E-state index in [1.807, 2.05) is 36.7 Å². The lowest BCUT2D eigenvalue weighted by Crippen LogP contribution is -2.11. The van der Waals surface area contributed by atoms with Gasteiger partial charge in [0.2, 0.25) is 0 Å². The fourth-order valence-electron chi connectivity index (χ4n) is 8.71. The number of fused-ring (bicyclic) bond motifs is 6. The van der Waals surface area contributed by atoms with Crippen LogP contribution in [0.3, 0.4) is 0 Å². The van der Waals surface area contributed by atoms with Gasteiger partial charge < -0.3 is 14.0 Å². The van der Waals surface area contributed by atoms with E-state index in [-0.39, 0.29) is 0 Å². The van der Waals surface area contributed by atoms with E-state index in [1.165, 1.54) is 27.1 Å². The van der Waals surface area contributed by atoms with Gasteiger partial charge in [0.1, 0.15) is 0 Å². The van der Waals surface area contributed by atoms with E-state index < -0.39 is 0 Å². The number of rotatable bonds is 7. The van der Waals surface area contributed by atoms with Crippen molar-refractivity contribution in [2.45, 2.75) is 6.92 Å². The molecule has 0 bridgehead atoms. The summed E-state index contributed by atoms with van der Waals surface area (Å²) in [5.41, 5.74) is 15.3. The van der Waals surface area contributed by atoms with Crippen LogP contribution >= 0.6 is 0 Å². The number of benzene rings is 7. The summed E-state index contributed by atoms with van der Waals surface area (Å²) in [6.07, 6.45) is 3.71. The number of hydrogen-bond donors (Lipinski definition) is 0. The molecule has 274 valence electrons. The van der Waals surface area contributed by atoms with Crippen molar-refractivity contribution in [1.29, 1.82) is 0 Å². The number of pyridine rings is 2. The Hall–Kier alpha value is -7.76. The van der Waals surface area contributed by atoms with Gasteiger partial charge in [-0.15, -0.1) is 0 Å². The number of para-hydroxylation sites is 2. The molecule has 0 spiro atoms. The normalized spacial score (nSPS) is 11.5. The van der Waals surface area contributed by atoms with Gasteiger partial charge in [-0.3, -0.25) is 9.97 Å². The van der Waals surface area contributed by atoms with Crippen molar-refractivity contribution in [3.05, 3.63) is 212 Å². The first-order valence-electron chi connectivity index (χ1n) is 19.7. The predicted molar refractivity (Wildman–Crippen MR) is 241 cm³/mol. The van der Waals surface area contributed by atoms with Crippen LogP contribution in [-0.4, -0.2) is 19.1 Å². The van der Waals surface area contributed by atoms with Crippen molar-refractivity contribution in [2.24, 2.45) is 0 Å². The van der Waals surface area contributed by atoms with Crippen LogP contribution < -0.4 is 4.90 Å². The molecule has 7 aromatic carbocycles. The molecule has 0 aliphatic heterocycles. The monoisotopic (exact) mass is 743 g/mol. The van der Waals surface area contributed by atoms with E-state index in [4.69, 9.17) is 0 Å². The molecule has 5 heteroatoms. The molecule has 0 atom stereocenters. The fraction of sp³-hybridized carbons (Fsp3) is 0.0189. The largest absolute Gasteiger partial charge is 0.309 e. The van der Waals surface area contributed by atoms with Crippen molar-refractivity contribution < 1.29 is 0 Å². The molecule has 4 aromatic heterocycles. The number of aryl methyl sites for hydroxylation is 1. The molecule has 0 saturated carbocycles. The van der Waals surface area contributed by atoms with E-state index >= 15 is 0 Å². The number of aromatic nitrogens is 4. The van der Waals surface area contributed by atoms with Crippen molar-refractivity contribution >= 4 is 60.7 Å². The first kappa shape index (κ1) is 33.6. The maximum absolute atomic E-state index is 4.67. The lowest BCUT2D eigenvalue weighted by molar-refractivity contribution is 1.17. The lowest BCUT2D eigenvalue weighted by Gasteiger charge is -2.27. The second-order valence-corrected chi connectivity index (χ2v) is 14.7. The van der Waals surface area contributed by atoms with Crippen LogP contribution in [0.15, 0.2) is 207 Å². The average Bonchev–Trinajstić information content (AvgIpc) is 3.82. The number of hydrogen-bond acceptors (Lipinski definition) is 3. The maximum Gasteiger partial charge on any atom is 0.0702 e. The number of nitrogens with zero attached hydrogens (tertiary/aromatic N) is 5. The third-order valence-corrected chi connectivity index (χ3v) is 11.3. The average molecular weight is 744 g/mol. The summed E-state index contributed by atoms with van der Waals surface area (Å²) in [4.78, 5) is 11.8. The van der Waals surface area contributed by atoms with Gasteiger partial charge in [0.15, 0.2) is 0 Å². The highest BCUT2D eigenvalue weighted by Crippen LogP contribution is 2.48. The third-order valence-electron chi connectivity index (χ3n) is 11.3. The Morgan fingerprint density at radius 3 is 1.33 bits per heavy atom. The molecule has 4 heterocycles. The van der Waals surface area contributed by atoms with Crippen LogP contribution in [0.4, 0.5) is 17.1 Å². The van der Waals surface area contributed by atoms with Crippen LogP contribution in [0.5, 0.6) is 0 Å². The highest BCUT2D eigenvalue weighted by Gasteiger charge is 2.25. The summed E-state index contributed by atoms with van der Waals surface area (Å²) in [7, 11) is 0. The quantitative estimate of drug-likeness (QED) is 0.163. The van der Waals surface area contributed by atoms with Crippen LogP contribution in [0.25, 0.3) is 77.5 Å². The second-order valence-electron chi connectivity index (χ2n) is 14.7. The lowest BCUT2D eigenvalue weighted by atomic mass is 10.0. The zero-order valence-electron chi connectivity index (χ0n) is 31.9. The Balaban J connectivity index is 1.18. The zero-order valence-corrected chi connectivity index (χ0v) is 31.9. The molecule has 11 rings (SSSR count). The van der Waals surface area contributed by atoms with E-state index in [0.29, 0.717) is 0 Å². The topological polar surface area (TPSA) is 38.9 Å². The standard InChI is InChI=1S/C53H37N5/c1-36-28-30-39(31-29-36)56(48-24-12-26-50-52(48)42-18-2-4-22-46(42)57(50)40-16-10-14-37(34-40)44-20-6-8-32-54-44)49-25-13-27-51-53(49)43-19-3-5-23-47(43)58(51)41-17-11-15-38(35-41)45-21-7-9-33-55-45/h2-35H,1H3. The van der Waals surface area contributed by atoms with Crippen LogP contribution in [0.2, 0.25) is 0 Å². The van der Waals surface area contributed by atoms with Gasteiger partial charge in [-0.1, -0.05) is 103 Å². The molecule has 0 fully saturated rings. The molecular weight excluding hydrogens is 707 g/mol. The molecule has 58 heavy (non-hydrogen) atoms. The summed E-state index contributed by atoms with van der Waals surface area (Å²) in [5.74, 6) is 0. The first-order valence-corrected chi connectivity index (χ1v) is 19.7. The predicted octanol–water partition coefficient (Wildman–Crippen LogP) is 13.8. The Morgan fingerprint density at radius 1 is 0.397 bits per heavy atom. The first-order chi connectivity index (χ1) is 28.7. The molecule has 0 aliphatic carbocycles. The summed E-state index contributed by atoms with van der Waals surface area (Å²) >= 11 is 0. The van der Waals surface area contributed by atoms with Gasteiger partial charge in [-0.05, 0) is 104 Å².